The molecule has 5 nitrogen and oxygen atoms in total. The van der Waals surface area contributed by atoms with E-state index in [0.29, 0.717) is 11.6 Å². The topological polar surface area (TPSA) is 64.1 Å². The third-order valence-electron chi connectivity index (χ3n) is 3.76. The highest BCUT2D eigenvalue weighted by molar-refractivity contribution is 9.10. The van der Waals surface area contributed by atoms with Crippen molar-refractivity contribution in [2.75, 3.05) is 12.9 Å². The zero-order chi connectivity index (χ0) is 19.1. The predicted octanol–water partition coefficient (Wildman–Crippen LogP) is 4.32. The lowest BCUT2D eigenvalue weighted by Gasteiger charge is -2.07. The number of thioether (sulfide) groups is 1. The minimum absolute atomic E-state index is 0.0541. The number of hydrogen-bond acceptors (Lipinski definition) is 5. The molecule has 3 rings (SSSR count). The molecule has 138 valence electrons. The molecule has 3 aromatic rings. The number of rotatable bonds is 7. The fourth-order valence-corrected chi connectivity index (χ4v) is 3.25. The van der Waals surface area contributed by atoms with E-state index in [1.807, 2.05) is 60.7 Å². The van der Waals surface area contributed by atoms with Crippen LogP contribution in [-0.2, 0) is 11.3 Å². The van der Waals surface area contributed by atoms with Gasteiger partial charge in [-0.15, -0.1) is 10.2 Å². The second-order valence-corrected chi connectivity index (χ2v) is 7.59. The Kier molecular flexibility index (Phi) is 6.84. The lowest BCUT2D eigenvalue weighted by Crippen LogP contribution is -2.24. The Morgan fingerprint density at radius 2 is 1.93 bits per heavy atom. The van der Waals surface area contributed by atoms with Crippen molar-refractivity contribution < 1.29 is 9.53 Å². The van der Waals surface area contributed by atoms with Crippen LogP contribution in [0.4, 0.5) is 0 Å². The summed E-state index contributed by atoms with van der Waals surface area (Å²) in [6.07, 6.45) is 0. The van der Waals surface area contributed by atoms with Gasteiger partial charge >= 0.3 is 0 Å². The van der Waals surface area contributed by atoms with Gasteiger partial charge < -0.3 is 10.1 Å². The van der Waals surface area contributed by atoms with Gasteiger partial charge in [0.15, 0.2) is 0 Å². The molecule has 0 aliphatic carbocycles. The highest BCUT2D eigenvalue weighted by Crippen LogP contribution is 2.21. The Labute approximate surface area is 170 Å². The minimum atomic E-state index is -0.0541. The summed E-state index contributed by atoms with van der Waals surface area (Å²) in [5.41, 5.74) is 2.79. The largest absolute Gasteiger partial charge is 0.497 e. The van der Waals surface area contributed by atoms with Crippen LogP contribution in [0.5, 0.6) is 5.75 Å². The molecule has 0 fully saturated rings. The number of benzene rings is 2. The molecular formula is C20H18BrN3O2S. The summed E-state index contributed by atoms with van der Waals surface area (Å²) >= 11 is 4.77. The zero-order valence-corrected chi connectivity index (χ0v) is 17.1. The van der Waals surface area contributed by atoms with Crippen molar-refractivity contribution in [2.45, 2.75) is 11.6 Å². The third kappa shape index (κ3) is 5.80. The van der Waals surface area contributed by atoms with Gasteiger partial charge in [-0.25, -0.2) is 0 Å². The summed E-state index contributed by atoms with van der Waals surface area (Å²) in [5.74, 6) is 1.01. The summed E-state index contributed by atoms with van der Waals surface area (Å²) in [4.78, 5) is 12.0. The summed E-state index contributed by atoms with van der Waals surface area (Å²) in [6.45, 7) is 0.463. The minimum Gasteiger partial charge on any atom is -0.497 e. The fourth-order valence-electron chi connectivity index (χ4n) is 2.35. The highest BCUT2D eigenvalue weighted by atomic mass is 79.9. The standard InChI is InChI=1S/C20H18BrN3O2S/c1-26-17-4-2-3-14(11-17)12-22-19(25)13-27-20-10-9-18(23-24-20)15-5-7-16(21)8-6-15/h2-11H,12-13H2,1H3,(H,22,25). The number of halogens is 1. The van der Waals surface area contributed by atoms with E-state index in [9.17, 15) is 4.79 Å². The van der Waals surface area contributed by atoms with Crippen LogP contribution in [0, 0.1) is 0 Å². The van der Waals surface area contributed by atoms with Crippen molar-refractivity contribution in [1.82, 2.24) is 15.5 Å². The molecule has 0 atom stereocenters. The molecule has 0 bridgehead atoms. The van der Waals surface area contributed by atoms with Gasteiger partial charge in [0.1, 0.15) is 10.8 Å². The van der Waals surface area contributed by atoms with Crippen LogP contribution in [0.2, 0.25) is 0 Å². The van der Waals surface area contributed by atoms with Gasteiger partial charge in [-0.2, -0.15) is 0 Å². The number of carbonyl (C=O) groups excluding carboxylic acids is 1. The Bertz CT molecular complexity index is 902. The van der Waals surface area contributed by atoms with E-state index in [1.54, 1.807) is 7.11 Å². The first-order chi connectivity index (χ1) is 13.1. The number of ether oxygens (including phenoxy) is 1. The van der Waals surface area contributed by atoms with E-state index < -0.39 is 0 Å². The van der Waals surface area contributed by atoms with Gasteiger partial charge in [0.2, 0.25) is 5.91 Å². The molecule has 0 unspecified atom stereocenters. The van der Waals surface area contributed by atoms with Crippen molar-refractivity contribution >= 4 is 33.6 Å². The van der Waals surface area contributed by atoms with Crippen LogP contribution in [0.3, 0.4) is 0 Å². The summed E-state index contributed by atoms with van der Waals surface area (Å²) in [7, 11) is 1.62. The SMILES string of the molecule is COc1cccc(CNC(=O)CSc2ccc(-c3ccc(Br)cc3)nn2)c1. The van der Waals surface area contributed by atoms with E-state index in [-0.39, 0.29) is 11.7 Å². The van der Waals surface area contributed by atoms with Gasteiger partial charge in [0.25, 0.3) is 0 Å². The average molecular weight is 444 g/mol. The first-order valence-electron chi connectivity index (χ1n) is 8.26. The van der Waals surface area contributed by atoms with Crippen LogP contribution in [0.1, 0.15) is 5.56 Å². The molecule has 2 aromatic carbocycles. The van der Waals surface area contributed by atoms with Crippen molar-refractivity contribution in [3.8, 4) is 17.0 Å². The third-order valence-corrected chi connectivity index (χ3v) is 5.20. The Hall–Kier alpha value is -2.38. The van der Waals surface area contributed by atoms with Crippen molar-refractivity contribution in [3.05, 3.63) is 70.7 Å². The van der Waals surface area contributed by atoms with Crippen molar-refractivity contribution in [2.24, 2.45) is 0 Å². The number of nitrogens with one attached hydrogen (secondary N) is 1. The maximum atomic E-state index is 12.0. The highest BCUT2D eigenvalue weighted by Gasteiger charge is 2.06. The van der Waals surface area contributed by atoms with Crippen LogP contribution < -0.4 is 10.1 Å². The van der Waals surface area contributed by atoms with Crippen LogP contribution >= 0.6 is 27.7 Å². The number of nitrogens with zero attached hydrogens (tertiary/aromatic N) is 2. The Balaban J connectivity index is 1.49. The molecule has 7 heteroatoms. The first-order valence-corrected chi connectivity index (χ1v) is 10.0. The molecule has 1 amide bonds. The summed E-state index contributed by atoms with van der Waals surface area (Å²) < 4.78 is 6.20. The molecule has 27 heavy (non-hydrogen) atoms. The first kappa shape index (κ1) is 19.4. The predicted molar refractivity (Wildman–Crippen MR) is 111 cm³/mol. The smallest absolute Gasteiger partial charge is 0.230 e. The second-order valence-electron chi connectivity index (χ2n) is 5.68. The molecule has 1 heterocycles. The Morgan fingerprint density at radius 3 is 2.63 bits per heavy atom. The molecule has 1 N–H and O–H groups in total. The molecule has 0 aliphatic rings. The second kappa shape index (κ2) is 9.53. The van der Waals surface area contributed by atoms with E-state index in [1.165, 1.54) is 11.8 Å². The molecule has 0 saturated heterocycles. The van der Waals surface area contributed by atoms with E-state index in [0.717, 1.165) is 27.0 Å². The maximum Gasteiger partial charge on any atom is 0.230 e. The molecular weight excluding hydrogens is 426 g/mol. The quantitative estimate of drug-likeness (QED) is 0.550. The zero-order valence-electron chi connectivity index (χ0n) is 14.7. The van der Waals surface area contributed by atoms with Crippen LogP contribution in [-0.4, -0.2) is 29.0 Å². The molecule has 0 saturated carbocycles. The maximum absolute atomic E-state index is 12.0. The summed E-state index contributed by atoms with van der Waals surface area (Å²) in [5, 5.41) is 12.0. The lowest BCUT2D eigenvalue weighted by molar-refractivity contribution is -0.118. The van der Waals surface area contributed by atoms with Crippen molar-refractivity contribution in [1.29, 1.82) is 0 Å². The van der Waals surface area contributed by atoms with Crippen LogP contribution in [0.25, 0.3) is 11.3 Å². The monoisotopic (exact) mass is 443 g/mol. The van der Waals surface area contributed by atoms with Crippen molar-refractivity contribution in [3.63, 3.8) is 0 Å². The number of hydrogen-bond donors (Lipinski definition) is 1. The van der Waals surface area contributed by atoms with E-state index >= 15 is 0 Å². The van der Waals surface area contributed by atoms with E-state index in [4.69, 9.17) is 4.74 Å². The lowest BCUT2D eigenvalue weighted by atomic mass is 10.1. The van der Waals surface area contributed by atoms with Gasteiger partial charge in [0.05, 0.1) is 18.6 Å². The number of aromatic nitrogens is 2. The molecule has 1 aromatic heterocycles. The number of carbonyl (C=O) groups is 1. The van der Waals surface area contributed by atoms with Gasteiger partial charge in [0, 0.05) is 16.6 Å². The molecule has 0 spiro atoms. The Morgan fingerprint density at radius 1 is 1.11 bits per heavy atom. The van der Waals surface area contributed by atoms with Gasteiger partial charge in [-0.05, 0) is 42.0 Å². The molecule has 0 radical (unpaired) electrons. The average Bonchev–Trinajstić information content (AvgIpc) is 2.72. The fraction of sp³-hybridized carbons (Fsp3) is 0.150. The van der Waals surface area contributed by atoms with Gasteiger partial charge in [-0.3, -0.25) is 4.79 Å². The molecule has 0 aliphatic heterocycles. The van der Waals surface area contributed by atoms with Gasteiger partial charge in [-0.1, -0.05) is 52.0 Å². The summed E-state index contributed by atoms with van der Waals surface area (Å²) in [6, 6.07) is 19.3. The van der Waals surface area contributed by atoms with Crippen LogP contribution in [0.15, 0.2) is 70.2 Å². The van der Waals surface area contributed by atoms with E-state index in [2.05, 4.69) is 31.4 Å². The number of amides is 1. The normalized spacial score (nSPS) is 10.4. The number of methoxy groups -OCH3 is 1.